The Balaban J connectivity index is 1.26. The topological polar surface area (TPSA) is 100 Å². The lowest BCUT2D eigenvalue weighted by molar-refractivity contribution is -0.614. The van der Waals surface area contributed by atoms with E-state index in [9.17, 15) is 23.2 Å². The molecule has 9 nitrogen and oxygen atoms in total. The van der Waals surface area contributed by atoms with E-state index >= 15 is 0 Å². The molecule has 3 aromatic carbocycles. The SMILES string of the molecule is O=C(OCC(F)(F)F)N1CCC(c2cccc([C@H](CCc3ccccc3)c3ccc(-c4cc(Cl)ccc4-n4cnnn4)c[n+]3[O-])c2)CC1. The van der Waals surface area contributed by atoms with Crippen molar-refractivity contribution in [3.8, 4) is 16.8 Å². The second kappa shape index (κ2) is 14.4. The van der Waals surface area contributed by atoms with Gasteiger partial charge in [-0.15, -0.1) is 5.10 Å². The first-order valence-electron chi connectivity index (χ1n) is 15.5. The molecule has 48 heavy (non-hydrogen) atoms. The summed E-state index contributed by atoms with van der Waals surface area (Å²) in [5.74, 6) is -0.145. The molecule has 1 aliphatic heterocycles. The molecule has 1 fully saturated rings. The zero-order chi connectivity index (χ0) is 33.7. The molecule has 0 aliphatic carbocycles. The van der Waals surface area contributed by atoms with Gasteiger partial charge >= 0.3 is 12.3 Å². The fraction of sp³-hybridized carbons (Fsp3) is 0.286. The van der Waals surface area contributed by atoms with E-state index in [1.165, 1.54) is 15.9 Å². The molecule has 0 N–H and O–H groups in total. The lowest BCUT2D eigenvalue weighted by Crippen LogP contribution is -2.39. The van der Waals surface area contributed by atoms with Crippen LogP contribution in [0.25, 0.3) is 16.8 Å². The van der Waals surface area contributed by atoms with Crippen molar-refractivity contribution >= 4 is 17.7 Å². The number of ether oxygens (including phenoxy) is 1. The van der Waals surface area contributed by atoms with Crippen molar-refractivity contribution in [1.82, 2.24) is 25.1 Å². The number of carbonyl (C=O) groups excluding carboxylic acids is 1. The number of aromatic nitrogens is 5. The molecule has 5 aromatic rings. The number of piperidine rings is 1. The molecular weight excluding hydrogens is 645 g/mol. The van der Waals surface area contributed by atoms with Crippen LogP contribution < -0.4 is 4.73 Å². The van der Waals surface area contributed by atoms with Crippen molar-refractivity contribution in [3.05, 3.63) is 130 Å². The predicted molar refractivity (Wildman–Crippen MR) is 173 cm³/mol. The van der Waals surface area contributed by atoms with Crippen molar-refractivity contribution < 1.29 is 27.4 Å². The summed E-state index contributed by atoms with van der Waals surface area (Å²) in [6.07, 6.45) is 0.0786. The van der Waals surface area contributed by atoms with Gasteiger partial charge in [-0.1, -0.05) is 66.2 Å². The number of rotatable bonds is 9. The minimum atomic E-state index is -4.57. The van der Waals surface area contributed by atoms with Gasteiger partial charge < -0.3 is 14.8 Å². The van der Waals surface area contributed by atoms with Crippen LogP contribution in [-0.2, 0) is 11.2 Å². The summed E-state index contributed by atoms with van der Waals surface area (Å²) in [5.41, 5.74) is 5.79. The molecule has 6 rings (SSSR count). The fourth-order valence-corrected chi connectivity index (χ4v) is 6.41. The second-order valence-electron chi connectivity index (χ2n) is 11.8. The summed E-state index contributed by atoms with van der Waals surface area (Å²) < 4.78 is 44.4. The Morgan fingerprint density at radius 2 is 1.81 bits per heavy atom. The van der Waals surface area contributed by atoms with Crippen molar-refractivity contribution in [3.63, 3.8) is 0 Å². The number of likely N-dealkylation sites (tertiary alicyclic amines) is 1. The number of amides is 1. The molecular formula is C35H32ClF3N6O3. The number of benzene rings is 3. The zero-order valence-electron chi connectivity index (χ0n) is 25.8. The third-order valence-corrected chi connectivity index (χ3v) is 8.86. The maximum Gasteiger partial charge on any atom is 0.422 e. The van der Waals surface area contributed by atoms with Gasteiger partial charge in [-0.25, -0.2) is 4.79 Å². The highest BCUT2D eigenvalue weighted by Gasteiger charge is 2.32. The highest BCUT2D eigenvalue weighted by molar-refractivity contribution is 6.31. The molecule has 0 spiro atoms. The van der Waals surface area contributed by atoms with Gasteiger partial charge in [-0.3, -0.25) is 0 Å². The number of halogens is 4. The van der Waals surface area contributed by atoms with Gasteiger partial charge in [0.25, 0.3) is 0 Å². The average Bonchev–Trinajstić information content (AvgIpc) is 3.63. The maximum absolute atomic E-state index is 13.8. The summed E-state index contributed by atoms with van der Waals surface area (Å²) in [7, 11) is 0. The molecule has 0 saturated carbocycles. The van der Waals surface area contributed by atoms with Crippen molar-refractivity contribution in [2.75, 3.05) is 19.7 Å². The Kier molecular flexibility index (Phi) is 9.90. The fourth-order valence-electron chi connectivity index (χ4n) is 6.23. The molecule has 1 amide bonds. The summed E-state index contributed by atoms with van der Waals surface area (Å²) in [4.78, 5) is 13.5. The number of hydrogen-bond acceptors (Lipinski definition) is 6. The highest BCUT2D eigenvalue weighted by Crippen LogP contribution is 2.35. The van der Waals surface area contributed by atoms with Gasteiger partial charge in [0.15, 0.2) is 18.5 Å². The first-order chi connectivity index (χ1) is 23.1. The van der Waals surface area contributed by atoms with E-state index in [-0.39, 0.29) is 11.8 Å². The van der Waals surface area contributed by atoms with Gasteiger partial charge in [0.2, 0.25) is 0 Å². The summed E-state index contributed by atoms with van der Waals surface area (Å²) in [6.45, 7) is -1.01. The number of hydrogen-bond donors (Lipinski definition) is 0. The largest absolute Gasteiger partial charge is 0.618 e. The molecule has 0 unspecified atom stereocenters. The number of carbonyl (C=O) groups is 1. The van der Waals surface area contributed by atoms with Crippen LogP contribution in [0.3, 0.4) is 0 Å². The summed E-state index contributed by atoms with van der Waals surface area (Å²) in [6, 6.07) is 27.2. The maximum atomic E-state index is 13.8. The van der Waals surface area contributed by atoms with Crippen molar-refractivity contribution in [2.24, 2.45) is 0 Å². The number of pyridine rings is 1. The van der Waals surface area contributed by atoms with Crippen LogP contribution >= 0.6 is 11.6 Å². The van der Waals surface area contributed by atoms with Crippen LogP contribution in [0.15, 0.2) is 97.5 Å². The summed E-state index contributed by atoms with van der Waals surface area (Å²) >= 11 is 6.35. The molecule has 0 radical (unpaired) electrons. The normalized spacial score (nSPS) is 14.5. The molecule has 3 heterocycles. The van der Waals surface area contributed by atoms with E-state index < -0.39 is 18.9 Å². The average molecular weight is 677 g/mol. The van der Waals surface area contributed by atoms with Crippen LogP contribution in [0.4, 0.5) is 18.0 Å². The van der Waals surface area contributed by atoms with E-state index in [4.69, 9.17) is 11.6 Å². The molecule has 2 aromatic heterocycles. The van der Waals surface area contributed by atoms with E-state index in [0.29, 0.717) is 59.9 Å². The van der Waals surface area contributed by atoms with Gasteiger partial charge in [0.05, 0.1) is 11.6 Å². The van der Waals surface area contributed by atoms with E-state index in [1.807, 2.05) is 48.5 Å². The van der Waals surface area contributed by atoms with Crippen LogP contribution in [0.5, 0.6) is 0 Å². The molecule has 248 valence electrons. The van der Waals surface area contributed by atoms with E-state index in [1.54, 1.807) is 24.4 Å². The lowest BCUT2D eigenvalue weighted by atomic mass is 9.84. The first kappa shape index (κ1) is 33.0. The molecule has 1 atom stereocenters. The van der Waals surface area contributed by atoms with E-state index in [0.717, 1.165) is 27.8 Å². The number of aryl methyl sites for hydroxylation is 1. The monoisotopic (exact) mass is 676 g/mol. The zero-order valence-corrected chi connectivity index (χ0v) is 26.5. The third-order valence-electron chi connectivity index (χ3n) is 8.63. The number of nitrogens with zero attached hydrogens (tertiary/aromatic N) is 6. The lowest BCUT2D eigenvalue weighted by Gasteiger charge is -2.32. The molecule has 1 saturated heterocycles. The van der Waals surface area contributed by atoms with Crippen molar-refractivity contribution in [2.45, 2.75) is 43.7 Å². The minimum Gasteiger partial charge on any atom is -0.618 e. The van der Waals surface area contributed by atoms with Crippen molar-refractivity contribution in [1.29, 1.82) is 0 Å². The Bertz CT molecular complexity index is 1850. The molecule has 13 heteroatoms. The second-order valence-corrected chi connectivity index (χ2v) is 12.2. The van der Waals surface area contributed by atoms with Gasteiger partial charge in [-0.2, -0.15) is 22.6 Å². The molecule has 0 bridgehead atoms. The Morgan fingerprint density at radius 1 is 1.02 bits per heavy atom. The third kappa shape index (κ3) is 7.93. The minimum absolute atomic E-state index is 0.0978. The summed E-state index contributed by atoms with van der Waals surface area (Å²) in [5, 5.41) is 25.8. The van der Waals surface area contributed by atoms with Gasteiger partial charge in [0.1, 0.15) is 6.33 Å². The van der Waals surface area contributed by atoms with Crippen LogP contribution in [0.1, 0.15) is 53.5 Å². The quantitative estimate of drug-likeness (QED) is 0.120. The predicted octanol–water partition coefficient (Wildman–Crippen LogP) is 7.26. The standard InChI is InChI=1S/C35H32ClF3N6O3/c36-29-11-14-32(44-23-40-41-42-44)31(20-29)28-10-13-33(45(47)21-28)30(12-9-24-5-2-1-3-6-24)27-8-4-7-26(19-27)25-15-17-43(18-16-25)34(46)48-22-35(37,38)39/h1-8,10-11,13-14,19-21,23,25,30H,9,12,15-18,22H2/t30-/m0/s1. The number of alkyl halides is 3. The van der Waals surface area contributed by atoms with Gasteiger partial charge in [0, 0.05) is 35.3 Å². The first-order valence-corrected chi connectivity index (χ1v) is 15.9. The Hall–Kier alpha value is -4.97. The molecule has 1 aliphatic rings. The Morgan fingerprint density at radius 3 is 2.52 bits per heavy atom. The van der Waals surface area contributed by atoms with Crippen LogP contribution in [-0.4, -0.2) is 57.1 Å². The van der Waals surface area contributed by atoms with Crippen LogP contribution in [0, 0.1) is 5.21 Å². The van der Waals surface area contributed by atoms with E-state index in [2.05, 4.69) is 38.5 Å². The van der Waals surface area contributed by atoms with Gasteiger partial charge in [-0.05, 0) is 83.0 Å². The highest BCUT2D eigenvalue weighted by atomic mass is 35.5. The smallest absolute Gasteiger partial charge is 0.422 e. The number of tetrazole rings is 1. The Labute approximate surface area is 280 Å². The van der Waals surface area contributed by atoms with Crippen LogP contribution in [0.2, 0.25) is 5.02 Å².